The van der Waals surface area contributed by atoms with Crippen LogP contribution in [0.1, 0.15) is 26.7 Å². The number of thioether (sulfide) groups is 1. The van der Waals surface area contributed by atoms with E-state index in [0.717, 1.165) is 0 Å². The minimum atomic E-state index is -1.51. The third-order valence-corrected chi connectivity index (χ3v) is 5.51. The lowest BCUT2D eigenvalue weighted by molar-refractivity contribution is -0.208. The van der Waals surface area contributed by atoms with Crippen LogP contribution in [0.2, 0.25) is 0 Å². The number of amides is 2. The average Bonchev–Trinajstić information content (AvgIpc) is 2.69. The standard InChI is InChI=1S/C18H33N3O8S/c1-8(2)13(21-16(25)9(19)4-5-30-3)17(26)20-7-11(23)15-14(24)10(22)6-12(29-15)18(27)28/h8-15,22-24H,4-7,19H2,1-3H3,(H,20,26)(H,21,25)(H,27,28). The van der Waals surface area contributed by atoms with Crippen LogP contribution in [0, 0.1) is 5.92 Å². The number of aliphatic carboxylic acids is 1. The quantitative estimate of drug-likeness (QED) is 0.179. The SMILES string of the molecule is CSCCC(N)C(=O)NC(C(=O)NCC(O)C1OC(C(=O)O)CC(O)C1O)C(C)C. The van der Waals surface area contributed by atoms with Crippen LogP contribution in [-0.2, 0) is 19.1 Å². The molecule has 7 unspecified atom stereocenters. The Labute approximate surface area is 179 Å². The van der Waals surface area contributed by atoms with Crippen LogP contribution in [0.25, 0.3) is 0 Å². The summed E-state index contributed by atoms with van der Waals surface area (Å²) >= 11 is 1.55. The fraction of sp³-hybridized carbons (Fsp3) is 0.833. The van der Waals surface area contributed by atoms with E-state index in [0.29, 0.717) is 12.2 Å². The van der Waals surface area contributed by atoms with Gasteiger partial charge in [0.25, 0.3) is 0 Å². The van der Waals surface area contributed by atoms with E-state index >= 15 is 0 Å². The molecule has 0 spiro atoms. The molecule has 8 N–H and O–H groups in total. The van der Waals surface area contributed by atoms with Gasteiger partial charge in [-0.15, -0.1) is 0 Å². The van der Waals surface area contributed by atoms with E-state index in [4.69, 9.17) is 15.6 Å². The average molecular weight is 452 g/mol. The van der Waals surface area contributed by atoms with Crippen LogP contribution in [0.5, 0.6) is 0 Å². The maximum atomic E-state index is 12.5. The third kappa shape index (κ3) is 7.67. The van der Waals surface area contributed by atoms with Crippen molar-refractivity contribution < 1.29 is 39.5 Å². The van der Waals surface area contributed by atoms with Gasteiger partial charge in [-0.25, -0.2) is 4.79 Å². The predicted molar refractivity (Wildman–Crippen MR) is 110 cm³/mol. The highest BCUT2D eigenvalue weighted by molar-refractivity contribution is 7.98. The van der Waals surface area contributed by atoms with Gasteiger partial charge in [0.05, 0.1) is 12.1 Å². The molecule has 0 bridgehead atoms. The zero-order valence-corrected chi connectivity index (χ0v) is 18.2. The number of carbonyl (C=O) groups is 3. The summed E-state index contributed by atoms with van der Waals surface area (Å²) in [6.07, 6.45) is -5.13. The molecule has 1 fully saturated rings. The Hall–Kier alpha value is -1.44. The second-order valence-electron chi connectivity index (χ2n) is 7.65. The Kier molecular flexibility index (Phi) is 11.0. The lowest BCUT2D eigenvalue weighted by atomic mass is 9.94. The van der Waals surface area contributed by atoms with Gasteiger partial charge >= 0.3 is 5.97 Å². The summed E-state index contributed by atoms with van der Waals surface area (Å²) in [6, 6.07) is -1.66. The maximum Gasteiger partial charge on any atom is 0.332 e. The molecule has 1 saturated heterocycles. The highest BCUT2D eigenvalue weighted by Crippen LogP contribution is 2.23. The number of hydrogen-bond donors (Lipinski definition) is 7. The molecule has 0 aromatic heterocycles. The zero-order chi connectivity index (χ0) is 23.0. The van der Waals surface area contributed by atoms with Gasteiger partial charge in [-0.05, 0) is 24.3 Å². The zero-order valence-electron chi connectivity index (χ0n) is 17.4. The van der Waals surface area contributed by atoms with E-state index in [9.17, 15) is 29.7 Å². The lowest BCUT2D eigenvalue weighted by Gasteiger charge is -2.38. The van der Waals surface area contributed by atoms with Crippen molar-refractivity contribution in [2.24, 2.45) is 11.7 Å². The maximum absolute atomic E-state index is 12.5. The third-order valence-electron chi connectivity index (χ3n) is 4.86. The molecule has 0 aromatic rings. The first-order valence-corrected chi connectivity index (χ1v) is 11.1. The molecule has 0 radical (unpaired) electrons. The van der Waals surface area contributed by atoms with Gasteiger partial charge in [-0.3, -0.25) is 9.59 Å². The topological polar surface area (TPSA) is 191 Å². The van der Waals surface area contributed by atoms with Gasteiger partial charge < -0.3 is 41.5 Å². The van der Waals surface area contributed by atoms with Crippen molar-refractivity contribution in [3.8, 4) is 0 Å². The van der Waals surface area contributed by atoms with Crippen LogP contribution >= 0.6 is 11.8 Å². The largest absolute Gasteiger partial charge is 0.479 e. The highest BCUT2D eigenvalue weighted by atomic mass is 32.2. The van der Waals surface area contributed by atoms with Gasteiger partial charge in [-0.2, -0.15) is 11.8 Å². The van der Waals surface area contributed by atoms with Crippen LogP contribution in [0.15, 0.2) is 0 Å². The van der Waals surface area contributed by atoms with Gasteiger partial charge in [0.15, 0.2) is 6.10 Å². The van der Waals surface area contributed by atoms with E-state index in [1.807, 2.05) is 6.26 Å². The number of carboxylic acid groups (broad SMARTS) is 1. The number of aliphatic hydroxyl groups is 3. The number of carbonyl (C=O) groups excluding carboxylic acids is 2. The van der Waals surface area contributed by atoms with Crippen molar-refractivity contribution in [2.45, 2.75) is 69.3 Å². The molecule has 1 aliphatic heterocycles. The van der Waals surface area contributed by atoms with Gasteiger partial charge in [0.1, 0.15) is 24.4 Å². The van der Waals surface area contributed by atoms with E-state index in [2.05, 4.69) is 10.6 Å². The molecule has 174 valence electrons. The van der Waals surface area contributed by atoms with Crippen molar-refractivity contribution in [1.29, 1.82) is 0 Å². The number of rotatable bonds is 11. The Bertz CT molecular complexity index is 594. The van der Waals surface area contributed by atoms with E-state index in [1.165, 1.54) is 0 Å². The first kappa shape index (κ1) is 26.6. The summed E-state index contributed by atoms with van der Waals surface area (Å²) in [7, 11) is 0. The summed E-state index contributed by atoms with van der Waals surface area (Å²) in [5.41, 5.74) is 5.82. The summed E-state index contributed by atoms with van der Waals surface area (Å²) in [6.45, 7) is 3.09. The fourth-order valence-corrected chi connectivity index (χ4v) is 3.47. The number of carboxylic acids is 1. The van der Waals surface area contributed by atoms with E-state index in [-0.39, 0.29) is 18.9 Å². The first-order valence-electron chi connectivity index (χ1n) is 9.74. The predicted octanol–water partition coefficient (Wildman–Crippen LogP) is -2.35. The highest BCUT2D eigenvalue weighted by Gasteiger charge is 2.43. The monoisotopic (exact) mass is 451 g/mol. The molecule has 30 heavy (non-hydrogen) atoms. The molecule has 1 aliphatic rings. The molecule has 11 nitrogen and oxygen atoms in total. The smallest absolute Gasteiger partial charge is 0.332 e. The van der Waals surface area contributed by atoms with Crippen LogP contribution in [-0.4, -0.2) is 99.4 Å². The molecule has 0 saturated carbocycles. The molecular weight excluding hydrogens is 418 g/mol. The van der Waals surface area contributed by atoms with Crippen molar-refractivity contribution in [2.75, 3.05) is 18.6 Å². The molecule has 0 aromatic carbocycles. The van der Waals surface area contributed by atoms with Crippen molar-refractivity contribution >= 4 is 29.5 Å². The Morgan fingerprint density at radius 2 is 1.87 bits per heavy atom. The first-order chi connectivity index (χ1) is 14.0. The van der Waals surface area contributed by atoms with Crippen LogP contribution in [0.4, 0.5) is 0 Å². The summed E-state index contributed by atoms with van der Waals surface area (Å²) in [4.78, 5) is 35.9. The van der Waals surface area contributed by atoms with Crippen molar-refractivity contribution in [3.63, 3.8) is 0 Å². The molecule has 2 amide bonds. The second-order valence-corrected chi connectivity index (χ2v) is 8.64. The fourth-order valence-electron chi connectivity index (χ4n) is 2.98. The van der Waals surface area contributed by atoms with Crippen molar-refractivity contribution in [3.05, 3.63) is 0 Å². The number of hydrogen-bond acceptors (Lipinski definition) is 9. The molecule has 7 atom stereocenters. The molecule has 1 rings (SSSR count). The Balaban J connectivity index is 2.67. The number of aliphatic hydroxyl groups excluding tert-OH is 3. The summed E-state index contributed by atoms with van der Waals surface area (Å²) in [5, 5.41) is 44.2. The Morgan fingerprint density at radius 1 is 1.23 bits per heavy atom. The van der Waals surface area contributed by atoms with E-state index in [1.54, 1.807) is 25.6 Å². The molecule has 12 heteroatoms. The minimum Gasteiger partial charge on any atom is -0.479 e. The summed E-state index contributed by atoms with van der Waals surface area (Å²) < 4.78 is 5.17. The number of nitrogens with one attached hydrogen (secondary N) is 2. The van der Waals surface area contributed by atoms with Gasteiger partial charge in [0.2, 0.25) is 11.8 Å². The number of ether oxygens (including phenoxy) is 1. The molecule has 1 heterocycles. The van der Waals surface area contributed by atoms with Gasteiger partial charge in [0, 0.05) is 13.0 Å². The van der Waals surface area contributed by atoms with E-state index < -0.39 is 60.4 Å². The Morgan fingerprint density at radius 3 is 2.40 bits per heavy atom. The molecular formula is C18H33N3O8S. The van der Waals surface area contributed by atoms with Crippen LogP contribution in [0.3, 0.4) is 0 Å². The minimum absolute atomic E-state index is 0.270. The normalized spacial score (nSPS) is 27.2. The molecule has 0 aliphatic carbocycles. The number of nitrogens with two attached hydrogens (primary N) is 1. The van der Waals surface area contributed by atoms with Crippen LogP contribution < -0.4 is 16.4 Å². The second kappa shape index (κ2) is 12.4. The summed E-state index contributed by atoms with van der Waals surface area (Å²) in [5.74, 6) is -1.94. The van der Waals surface area contributed by atoms with Gasteiger partial charge in [-0.1, -0.05) is 13.8 Å². The lowest BCUT2D eigenvalue weighted by Crippen LogP contribution is -2.58. The van der Waals surface area contributed by atoms with Crippen molar-refractivity contribution in [1.82, 2.24) is 10.6 Å².